The summed E-state index contributed by atoms with van der Waals surface area (Å²) < 4.78 is 5.15. The van der Waals surface area contributed by atoms with Crippen molar-refractivity contribution >= 4 is 22.9 Å². The second kappa shape index (κ2) is 7.36. The molecule has 1 amide bonds. The van der Waals surface area contributed by atoms with Crippen LogP contribution in [0.2, 0.25) is 0 Å². The molecule has 25 heavy (non-hydrogen) atoms. The Hall–Kier alpha value is -2.86. The maximum Gasteiger partial charge on any atom is 0.275 e. The first-order valence-electron chi connectivity index (χ1n) is 7.73. The van der Waals surface area contributed by atoms with E-state index in [1.807, 2.05) is 31.2 Å². The quantitative estimate of drug-likeness (QED) is 0.679. The lowest BCUT2D eigenvalue weighted by atomic mass is 10.1. The SMILES string of the molecule is COc1ccc(Cc2nc(C(=O)Nc3ccc(O)cc3C)cs2)cc1. The molecule has 5 nitrogen and oxygen atoms in total. The van der Waals surface area contributed by atoms with E-state index in [4.69, 9.17) is 4.74 Å². The number of phenols is 1. The van der Waals surface area contributed by atoms with Gasteiger partial charge in [0.25, 0.3) is 5.91 Å². The van der Waals surface area contributed by atoms with Crippen LogP contribution in [0, 0.1) is 6.92 Å². The number of methoxy groups -OCH3 is 1. The molecule has 0 fully saturated rings. The maximum absolute atomic E-state index is 12.4. The number of hydrogen-bond donors (Lipinski definition) is 2. The van der Waals surface area contributed by atoms with Crippen molar-refractivity contribution in [1.29, 1.82) is 0 Å². The second-order valence-corrected chi connectivity index (χ2v) is 6.55. The van der Waals surface area contributed by atoms with Crippen LogP contribution in [0.3, 0.4) is 0 Å². The Kier molecular flexibility index (Phi) is 5.00. The van der Waals surface area contributed by atoms with Gasteiger partial charge >= 0.3 is 0 Å². The Morgan fingerprint density at radius 2 is 2.00 bits per heavy atom. The van der Waals surface area contributed by atoms with E-state index in [-0.39, 0.29) is 11.7 Å². The lowest BCUT2D eigenvalue weighted by Gasteiger charge is -2.07. The van der Waals surface area contributed by atoms with Gasteiger partial charge in [-0.15, -0.1) is 11.3 Å². The highest BCUT2D eigenvalue weighted by atomic mass is 32.1. The van der Waals surface area contributed by atoms with Crippen LogP contribution in [-0.2, 0) is 6.42 Å². The first-order valence-corrected chi connectivity index (χ1v) is 8.61. The van der Waals surface area contributed by atoms with Gasteiger partial charge in [-0.1, -0.05) is 12.1 Å². The Balaban J connectivity index is 1.68. The van der Waals surface area contributed by atoms with E-state index in [2.05, 4.69) is 10.3 Å². The number of hydrogen-bond acceptors (Lipinski definition) is 5. The first-order chi connectivity index (χ1) is 12.0. The van der Waals surface area contributed by atoms with Crippen LogP contribution >= 0.6 is 11.3 Å². The van der Waals surface area contributed by atoms with Crippen molar-refractivity contribution in [3.05, 3.63) is 69.7 Å². The number of amides is 1. The van der Waals surface area contributed by atoms with Crippen molar-refractivity contribution in [2.75, 3.05) is 12.4 Å². The van der Waals surface area contributed by atoms with Crippen LogP contribution in [0.25, 0.3) is 0 Å². The van der Waals surface area contributed by atoms with E-state index in [1.54, 1.807) is 30.7 Å². The van der Waals surface area contributed by atoms with E-state index < -0.39 is 0 Å². The molecule has 6 heteroatoms. The number of carbonyl (C=O) groups excluding carboxylic acids is 1. The van der Waals surface area contributed by atoms with Crippen LogP contribution in [-0.4, -0.2) is 23.1 Å². The average Bonchev–Trinajstić information content (AvgIpc) is 3.07. The molecule has 0 atom stereocenters. The van der Waals surface area contributed by atoms with Crippen LogP contribution in [0.4, 0.5) is 5.69 Å². The molecule has 0 aliphatic rings. The zero-order valence-electron chi connectivity index (χ0n) is 13.9. The van der Waals surface area contributed by atoms with Crippen LogP contribution in [0.15, 0.2) is 47.8 Å². The minimum absolute atomic E-state index is 0.172. The normalized spacial score (nSPS) is 10.5. The second-order valence-electron chi connectivity index (χ2n) is 5.60. The predicted octanol–water partition coefficient (Wildman–Crippen LogP) is 4.01. The zero-order chi connectivity index (χ0) is 17.8. The number of aromatic hydroxyl groups is 1. The van der Waals surface area contributed by atoms with Crippen molar-refractivity contribution in [2.24, 2.45) is 0 Å². The number of nitrogens with one attached hydrogen (secondary N) is 1. The Labute approximate surface area is 149 Å². The topological polar surface area (TPSA) is 71.5 Å². The molecular formula is C19H18N2O3S. The molecule has 1 heterocycles. The summed E-state index contributed by atoms with van der Waals surface area (Å²) in [6, 6.07) is 12.6. The van der Waals surface area contributed by atoms with Gasteiger partial charge in [0.05, 0.1) is 12.1 Å². The summed E-state index contributed by atoms with van der Waals surface area (Å²) in [5.74, 6) is 0.726. The van der Waals surface area contributed by atoms with E-state index in [0.717, 1.165) is 21.9 Å². The van der Waals surface area contributed by atoms with Gasteiger partial charge in [0.15, 0.2) is 0 Å². The Morgan fingerprint density at radius 3 is 2.68 bits per heavy atom. The highest BCUT2D eigenvalue weighted by Gasteiger charge is 2.12. The third kappa shape index (κ3) is 4.16. The standard InChI is InChI=1S/C19H18N2O3S/c1-12-9-14(22)5-8-16(12)21-19(23)17-11-25-18(20-17)10-13-3-6-15(24-2)7-4-13/h3-9,11,22H,10H2,1-2H3,(H,21,23). The van der Waals surface area contributed by atoms with Gasteiger partial charge < -0.3 is 15.2 Å². The van der Waals surface area contributed by atoms with Crippen molar-refractivity contribution in [3.8, 4) is 11.5 Å². The molecule has 0 radical (unpaired) electrons. The largest absolute Gasteiger partial charge is 0.508 e. The van der Waals surface area contributed by atoms with Gasteiger partial charge in [0, 0.05) is 17.5 Å². The van der Waals surface area contributed by atoms with Gasteiger partial charge in [0.1, 0.15) is 17.2 Å². The highest BCUT2D eigenvalue weighted by molar-refractivity contribution is 7.09. The Morgan fingerprint density at radius 1 is 1.24 bits per heavy atom. The molecule has 3 aromatic rings. The number of anilines is 1. The summed E-state index contributed by atoms with van der Waals surface area (Å²) in [5.41, 5.74) is 2.95. The van der Waals surface area contributed by atoms with E-state index in [0.29, 0.717) is 17.8 Å². The third-order valence-corrected chi connectivity index (χ3v) is 4.61. The third-order valence-electron chi connectivity index (χ3n) is 3.76. The summed E-state index contributed by atoms with van der Waals surface area (Å²) in [7, 11) is 1.64. The number of phenolic OH excluding ortho intramolecular Hbond substituents is 1. The van der Waals surface area contributed by atoms with Gasteiger partial charge in [-0.3, -0.25) is 4.79 Å². The molecule has 0 spiro atoms. The van der Waals surface area contributed by atoms with E-state index in [9.17, 15) is 9.90 Å². The molecule has 0 saturated carbocycles. The van der Waals surface area contributed by atoms with Crippen molar-refractivity contribution in [1.82, 2.24) is 4.98 Å². The monoisotopic (exact) mass is 354 g/mol. The number of carbonyl (C=O) groups is 1. The molecule has 0 unspecified atom stereocenters. The minimum Gasteiger partial charge on any atom is -0.508 e. The van der Waals surface area contributed by atoms with Crippen molar-refractivity contribution in [2.45, 2.75) is 13.3 Å². The average molecular weight is 354 g/mol. The summed E-state index contributed by atoms with van der Waals surface area (Å²) in [4.78, 5) is 16.8. The summed E-state index contributed by atoms with van der Waals surface area (Å²) in [6.45, 7) is 1.82. The molecule has 128 valence electrons. The van der Waals surface area contributed by atoms with E-state index in [1.165, 1.54) is 11.3 Å². The molecule has 0 saturated heterocycles. The summed E-state index contributed by atoms with van der Waals surface area (Å²) in [5, 5.41) is 14.9. The fourth-order valence-electron chi connectivity index (χ4n) is 2.39. The fourth-order valence-corrected chi connectivity index (χ4v) is 3.20. The molecule has 1 aromatic heterocycles. The smallest absolute Gasteiger partial charge is 0.275 e. The molecular weight excluding hydrogens is 336 g/mol. The molecule has 3 rings (SSSR count). The van der Waals surface area contributed by atoms with Gasteiger partial charge in [-0.05, 0) is 48.4 Å². The lowest BCUT2D eigenvalue weighted by Crippen LogP contribution is -2.13. The number of rotatable bonds is 5. The lowest BCUT2D eigenvalue weighted by molar-refractivity contribution is 0.102. The fraction of sp³-hybridized carbons (Fsp3) is 0.158. The number of nitrogens with zero attached hydrogens (tertiary/aromatic N) is 1. The predicted molar refractivity (Wildman–Crippen MR) is 98.7 cm³/mol. The molecule has 0 aliphatic carbocycles. The maximum atomic E-state index is 12.4. The highest BCUT2D eigenvalue weighted by Crippen LogP contribution is 2.22. The number of aromatic nitrogens is 1. The number of thiazole rings is 1. The molecule has 0 bridgehead atoms. The van der Waals surface area contributed by atoms with Crippen molar-refractivity contribution < 1.29 is 14.6 Å². The number of aryl methyl sites for hydroxylation is 1. The Bertz CT molecular complexity index is 888. The summed E-state index contributed by atoms with van der Waals surface area (Å²) >= 11 is 1.46. The van der Waals surface area contributed by atoms with Crippen LogP contribution < -0.4 is 10.1 Å². The summed E-state index contributed by atoms with van der Waals surface area (Å²) in [6.07, 6.45) is 0.667. The van der Waals surface area contributed by atoms with Crippen molar-refractivity contribution in [3.63, 3.8) is 0 Å². The molecule has 0 aliphatic heterocycles. The molecule has 2 aromatic carbocycles. The minimum atomic E-state index is -0.258. The first kappa shape index (κ1) is 17.0. The van der Waals surface area contributed by atoms with Gasteiger partial charge in [0.2, 0.25) is 0 Å². The van der Waals surface area contributed by atoms with Gasteiger partial charge in [-0.2, -0.15) is 0 Å². The number of benzene rings is 2. The van der Waals surface area contributed by atoms with Gasteiger partial charge in [-0.25, -0.2) is 4.98 Å². The zero-order valence-corrected chi connectivity index (χ0v) is 14.8. The van der Waals surface area contributed by atoms with Crippen LogP contribution in [0.1, 0.15) is 26.6 Å². The van der Waals surface area contributed by atoms with Crippen LogP contribution in [0.5, 0.6) is 11.5 Å². The number of ether oxygens (including phenoxy) is 1. The van der Waals surface area contributed by atoms with E-state index >= 15 is 0 Å². The molecule has 2 N–H and O–H groups in total.